The zero-order valence-electron chi connectivity index (χ0n) is 11.4. The molecule has 0 spiro atoms. The molecule has 1 aliphatic carbocycles. The van der Waals surface area contributed by atoms with Crippen LogP contribution in [0.15, 0.2) is 24.3 Å². The van der Waals surface area contributed by atoms with Crippen LogP contribution in [0.2, 0.25) is 0 Å². The standard InChI is InChI=1S/C16H25N/c1-12-7-9-15(10-8-12)14(3)17-16-6-4-5-13(2)11-16/h7-10,13-14,16-17H,4-6,11H2,1-3H3/t13?,14-,16?/m1/s1. The van der Waals surface area contributed by atoms with Gasteiger partial charge in [-0.3, -0.25) is 0 Å². The Morgan fingerprint density at radius 3 is 2.53 bits per heavy atom. The first kappa shape index (κ1) is 12.6. The maximum Gasteiger partial charge on any atom is 0.0294 e. The molecule has 17 heavy (non-hydrogen) atoms. The van der Waals surface area contributed by atoms with Crippen LogP contribution in [0.3, 0.4) is 0 Å². The summed E-state index contributed by atoms with van der Waals surface area (Å²) in [6.07, 6.45) is 5.49. The molecule has 0 aliphatic heterocycles. The molecule has 0 saturated heterocycles. The minimum atomic E-state index is 0.478. The molecular weight excluding hydrogens is 206 g/mol. The fourth-order valence-electron chi connectivity index (χ4n) is 2.89. The number of rotatable bonds is 3. The van der Waals surface area contributed by atoms with E-state index in [1.165, 1.54) is 36.8 Å². The lowest BCUT2D eigenvalue weighted by atomic mass is 9.86. The maximum atomic E-state index is 3.78. The normalized spacial score (nSPS) is 26.8. The monoisotopic (exact) mass is 231 g/mol. The van der Waals surface area contributed by atoms with E-state index in [1.54, 1.807) is 0 Å². The summed E-state index contributed by atoms with van der Waals surface area (Å²) >= 11 is 0. The molecule has 0 amide bonds. The van der Waals surface area contributed by atoms with Crippen LogP contribution in [0.4, 0.5) is 0 Å². The number of nitrogens with one attached hydrogen (secondary N) is 1. The fraction of sp³-hybridized carbons (Fsp3) is 0.625. The van der Waals surface area contributed by atoms with Gasteiger partial charge in [-0.25, -0.2) is 0 Å². The molecule has 2 rings (SSSR count). The SMILES string of the molecule is Cc1ccc([C@@H](C)NC2CCCC(C)C2)cc1. The summed E-state index contributed by atoms with van der Waals surface area (Å²) in [5, 5.41) is 3.78. The van der Waals surface area contributed by atoms with E-state index in [1.807, 2.05) is 0 Å². The third-order valence-corrected chi connectivity index (χ3v) is 4.00. The van der Waals surface area contributed by atoms with Gasteiger partial charge in [0.25, 0.3) is 0 Å². The van der Waals surface area contributed by atoms with Crippen molar-refractivity contribution in [3.8, 4) is 0 Å². The van der Waals surface area contributed by atoms with Gasteiger partial charge in [0, 0.05) is 12.1 Å². The Labute approximate surface area is 106 Å². The predicted octanol–water partition coefficient (Wildman–Crippen LogP) is 4.22. The van der Waals surface area contributed by atoms with Crippen molar-refractivity contribution in [2.24, 2.45) is 5.92 Å². The van der Waals surface area contributed by atoms with E-state index in [0.29, 0.717) is 6.04 Å². The second-order valence-electron chi connectivity index (χ2n) is 5.77. The lowest BCUT2D eigenvalue weighted by Gasteiger charge is -2.30. The van der Waals surface area contributed by atoms with Crippen molar-refractivity contribution >= 4 is 0 Å². The highest BCUT2D eigenvalue weighted by Crippen LogP contribution is 2.25. The molecule has 1 N–H and O–H groups in total. The van der Waals surface area contributed by atoms with Crippen LogP contribution in [-0.2, 0) is 0 Å². The van der Waals surface area contributed by atoms with E-state index < -0.39 is 0 Å². The average Bonchev–Trinajstić information content (AvgIpc) is 2.29. The van der Waals surface area contributed by atoms with Gasteiger partial charge in [-0.2, -0.15) is 0 Å². The van der Waals surface area contributed by atoms with E-state index in [9.17, 15) is 0 Å². The third kappa shape index (κ3) is 3.57. The lowest BCUT2D eigenvalue weighted by molar-refractivity contribution is 0.285. The molecule has 1 heteroatoms. The van der Waals surface area contributed by atoms with Gasteiger partial charge in [0.15, 0.2) is 0 Å². The largest absolute Gasteiger partial charge is 0.307 e. The molecule has 1 saturated carbocycles. The average molecular weight is 231 g/mol. The van der Waals surface area contributed by atoms with Crippen molar-refractivity contribution in [3.63, 3.8) is 0 Å². The highest BCUT2D eigenvalue weighted by molar-refractivity contribution is 5.23. The number of benzene rings is 1. The molecule has 1 fully saturated rings. The van der Waals surface area contributed by atoms with Crippen LogP contribution in [0.25, 0.3) is 0 Å². The van der Waals surface area contributed by atoms with Crippen molar-refractivity contribution in [1.82, 2.24) is 5.32 Å². The predicted molar refractivity (Wildman–Crippen MR) is 74.1 cm³/mol. The van der Waals surface area contributed by atoms with Gasteiger partial charge in [-0.1, -0.05) is 49.6 Å². The molecule has 1 aromatic carbocycles. The lowest BCUT2D eigenvalue weighted by Crippen LogP contribution is -2.35. The first-order valence-electron chi connectivity index (χ1n) is 6.98. The van der Waals surface area contributed by atoms with Gasteiger partial charge in [0.2, 0.25) is 0 Å². The molecule has 0 bridgehead atoms. The Bertz CT molecular complexity index is 341. The Hall–Kier alpha value is -0.820. The maximum absolute atomic E-state index is 3.78. The molecule has 3 atom stereocenters. The zero-order valence-corrected chi connectivity index (χ0v) is 11.4. The fourth-order valence-corrected chi connectivity index (χ4v) is 2.89. The molecule has 2 unspecified atom stereocenters. The Morgan fingerprint density at radius 1 is 1.18 bits per heavy atom. The van der Waals surface area contributed by atoms with E-state index in [4.69, 9.17) is 0 Å². The minimum absolute atomic E-state index is 0.478. The quantitative estimate of drug-likeness (QED) is 0.821. The topological polar surface area (TPSA) is 12.0 Å². The summed E-state index contributed by atoms with van der Waals surface area (Å²) in [6, 6.07) is 10.1. The molecule has 0 radical (unpaired) electrons. The van der Waals surface area contributed by atoms with Crippen LogP contribution < -0.4 is 5.32 Å². The van der Waals surface area contributed by atoms with Gasteiger partial charge in [-0.15, -0.1) is 0 Å². The highest BCUT2D eigenvalue weighted by atomic mass is 14.9. The van der Waals surface area contributed by atoms with Gasteiger partial charge in [0.1, 0.15) is 0 Å². The Morgan fingerprint density at radius 2 is 1.88 bits per heavy atom. The van der Waals surface area contributed by atoms with Gasteiger partial charge >= 0.3 is 0 Å². The van der Waals surface area contributed by atoms with E-state index in [0.717, 1.165) is 12.0 Å². The van der Waals surface area contributed by atoms with Gasteiger partial charge in [-0.05, 0) is 38.2 Å². The van der Waals surface area contributed by atoms with Gasteiger partial charge in [0.05, 0.1) is 0 Å². The first-order valence-corrected chi connectivity index (χ1v) is 6.98. The van der Waals surface area contributed by atoms with Crippen LogP contribution in [0.5, 0.6) is 0 Å². The van der Waals surface area contributed by atoms with E-state index in [-0.39, 0.29) is 0 Å². The molecule has 1 nitrogen and oxygen atoms in total. The van der Waals surface area contributed by atoms with Crippen molar-refractivity contribution in [2.75, 3.05) is 0 Å². The van der Waals surface area contributed by atoms with Crippen molar-refractivity contribution < 1.29 is 0 Å². The van der Waals surface area contributed by atoms with Crippen molar-refractivity contribution in [3.05, 3.63) is 35.4 Å². The second kappa shape index (κ2) is 5.68. The van der Waals surface area contributed by atoms with Crippen molar-refractivity contribution in [2.45, 2.75) is 58.5 Å². The van der Waals surface area contributed by atoms with E-state index >= 15 is 0 Å². The summed E-state index contributed by atoms with van der Waals surface area (Å²) in [7, 11) is 0. The number of hydrogen-bond donors (Lipinski definition) is 1. The molecule has 0 aromatic heterocycles. The van der Waals surface area contributed by atoms with Crippen LogP contribution in [0, 0.1) is 12.8 Å². The summed E-state index contributed by atoms with van der Waals surface area (Å²) in [5.41, 5.74) is 2.75. The first-order chi connectivity index (χ1) is 8.15. The van der Waals surface area contributed by atoms with Crippen molar-refractivity contribution in [1.29, 1.82) is 0 Å². The molecule has 0 heterocycles. The molecule has 94 valence electrons. The Balaban J connectivity index is 1.91. The zero-order chi connectivity index (χ0) is 12.3. The molecular formula is C16H25N. The number of aryl methyl sites for hydroxylation is 1. The summed E-state index contributed by atoms with van der Waals surface area (Å²) in [4.78, 5) is 0. The third-order valence-electron chi connectivity index (χ3n) is 4.00. The number of hydrogen-bond acceptors (Lipinski definition) is 1. The molecule has 1 aromatic rings. The second-order valence-corrected chi connectivity index (χ2v) is 5.77. The summed E-state index contributed by atoms with van der Waals surface area (Å²) < 4.78 is 0. The van der Waals surface area contributed by atoms with Gasteiger partial charge < -0.3 is 5.32 Å². The van der Waals surface area contributed by atoms with Crippen LogP contribution >= 0.6 is 0 Å². The summed E-state index contributed by atoms with van der Waals surface area (Å²) in [6.45, 7) is 6.80. The van der Waals surface area contributed by atoms with E-state index in [2.05, 4.69) is 50.4 Å². The minimum Gasteiger partial charge on any atom is -0.307 e. The van der Waals surface area contributed by atoms with Crippen LogP contribution in [-0.4, -0.2) is 6.04 Å². The Kier molecular flexibility index (Phi) is 4.22. The smallest absolute Gasteiger partial charge is 0.0294 e. The summed E-state index contributed by atoms with van der Waals surface area (Å²) in [5.74, 6) is 0.895. The molecule has 1 aliphatic rings. The highest BCUT2D eigenvalue weighted by Gasteiger charge is 2.20. The van der Waals surface area contributed by atoms with Crippen LogP contribution in [0.1, 0.15) is 56.7 Å².